The Morgan fingerprint density at radius 2 is 1.84 bits per heavy atom. The number of nitrogens with zero attached hydrogens (tertiary/aromatic N) is 2. The Bertz CT molecular complexity index is 582. The molecule has 1 aliphatic carbocycles. The van der Waals surface area contributed by atoms with Crippen molar-refractivity contribution >= 4 is 5.91 Å². The van der Waals surface area contributed by atoms with Crippen molar-refractivity contribution in [2.45, 2.75) is 43.8 Å². The normalized spacial score (nSPS) is 25.0. The molecule has 1 saturated heterocycles. The molecule has 0 unspecified atom stereocenters. The lowest BCUT2D eigenvalue weighted by Gasteiger charge is -2.31. The van der Waals surface area contributed by atoms with Crippen LogP contribution in [-0.2, 0) is 4.79 Å². The third-order valence-corrected chi connectivity index (χ3v) is 5.50. The van der Waals surface area contributed by atoms with Crippen molar-refractivity contribution in [3.8, 4) is 0 Å². The summed E-state index contributed by atoms with van der Waals surface area (Å²) in [5.41, 5.74) is 1.02. The van der Waals surface area contributed by atoms with Gasteiger partial charge in [0.2, 0.25) is 0 Å². The molecule has 0 bridgehead atoms. The molecule has 1 aromatic rings. The van der Waals surface area contributed by atoms with Crippen LogP contribution in [-0.4, -0.2) is 54.6 Å². The summed E-state index contributed by atoms with van der Waals surface area (Å²) in [5, 5.41) is 0. The van der Waals surface area contributed by atoms with Crippen LogP contribution in [0, 0.1) is 5.92 Å². The molecule has 0 N–H and O–H groups in total. The molecule has 0 aromatic heterocycles. The lowest BCUT2D eigenvalue weighted by molar-refractivity contribution is -0.186. The van der Waals surface area contributed by atoms with Gasteiger partial charge in [0.1, 0.15) is 0 Å². The van der Waals surface area contributed by atoms with Crippen molar-refractivity contribution in [2.24, 2.45) is 5.92 Å². The number of hydrogen-bond acceptors (Lipinski definition) is 2. The van der Waals surface area contributed by atoms with E-state index in [1.54, 1.807) is 0 Å². The lowest BCUT2D eigenvalue weighted by atomic mass is 9.93. The maximum atomic E-state index is 13.0. The van der Waals surface area contributed by atoms with Gasteiger partial charge in [-0.15, -0.1) is 0 Å². The van der Waals surface area contributed by atoms with Crippen LogP contribution in [0.5, 0.6) is 0 Å². The van der Waals surface area contributed by atoms with E-state index < -0.39 is 12.1 Å². The standard InChI is InChI=1S/C19H25F3N2O/c1-23-10-7-14(8-11-23)9-12-24(18(25)19(20,21)22)17-13-16(17)15-5-3-2-4-6-15/h2-6,14,16-17H,7-13H2,1H3/t16-,17+/m0/s1. The zero-order valence-electron chi connectivity index (χ0n) is 14.5. The van der Waals surface area contributed by atoms with Gasteiger partial charge in [0, 0.05) is 18.5 Å². The van der Waals surface area contributed by atoms with Gasteiger partial charge in [-0.1, -0.05) is 30.3 Å². The molecular weight excluding hydrogens is 329 g/mol. The average molecular weight is 354 g/mol. The SMILES string of the molecule is CN1CCC(CCN(C(=O)C(F)(F)F)[C@@H]2C[C@H]2c2ccccc2)CC1. The highest BCUT2D eigenvalue weighted by atomic mass is 19.4. The van der Waals surface area contributed by atoms with Gasteiger partial charge >= 0.3 is 12.1 Å². The molecule has 2 fully saturated rings. The van der Waals surface area contributed by atoms with Crippen LogP contribution >= 0.6 is 0 Å². The van der Waals surface area contributed by atoms with Gasteiger partial charge in [-0.2, -0.15) is 13.2 Å². The van der Waals surface area contributed by atoms with Crippen molar-refractivity contribution < 1.29 is 18.0 Å². The molecule has 2 aliphatic rings. The quantitative estimate of drug-likeness (QED) is 0.806. The van der Waals surface area contributed by atoms with E-state index in [0.29, 0.717) is 18.8 Å². The highest BCUT2D eigenvalue weighted by molar-refractivity contribution is 5.82. The number of hydrogen-bond donors (Lipinski definition) is 0. The van der Waals surface area contributed by atoms with Gasteiger partial charge in [-0.05, 0) is 57.3 Å². The van der Waals surface area contributed by atoms with E-state index in [9.17, 15) is 18.0 Å². The molecule has 0 spiro atoms. The van der Waals surface area contributed by atoms with Gasteiger partial charge in [0.25, 0.3) is 0 Å². The zero-order valence-corrected chi connectivity index (χ0v) is 14.5. The monoisotopic (exact) mass is 354 g/mol. The predicted octanol–water partition coefficient (Wildman–Crippen LogP) is 3.67. The molecule has 1 aliphatic heterocycles. The highest BCUT2D eigenvalue weighted by Gasteiger charge is 2.51. The molecule has 138 valence electrons. The van der Waals surface area contributed by atoms with Crippen molar-refractivity contribution in [1.29, 1.82) is 0 Å². The molecule has 0 radical (unpaired) electrons. The summed E-state index contributed by atoms with van der Waals surface area (Å²) in [6.07, 6.45) is -1.52. The summed E-state index contributed by atoms with van der Waals surface area (Å²) in [5.74, 6) is -1.23. The molecule has 25 heavy (non-hydrogen) atoms. The summed E-state index contributed by atoms with van der Waals surface area (Å²) in [4.78, 5) is 15.3. The Kier molecular flexibility index (Phi) is 5.37. The number of alkyl halides is 3. The zero-order chi connectivity index (χ0) is 18.0. The van der Waals surface area contributed by atoms with Gasteiger partial charge in [-0.25, -0.2) is 0 Å². The molecule has 1 heterocycles. The first-order valence-corrected chi connectivity index (χ1v) is 8.97. The van der Waals surface area contributed by atoms with E-state index in [2.05, 4.69) is 11.9 Å². The molecule has 1 saturated carbocycles. The molecule has 6 heteroatoms. The van der Waals surface area contributed by atoms with E-state index in [1.807, 2.05) is 30.3 Å². The number of rotatable bonds is 5. The van der Waals surface area contributed by atoms with Crippen LogP contribution in [0.15, 0.2) is 30.3 Å². The molecule has 1 amide bonds. The molecular formula is C19H25F3N2O. The van der Waals surface area contributed by atoms with Gasteiger partial charge in [-0.3, -0.25) is 4.79 Å². The number of halogens is 3. The Balaban J connectivity index is 1.63. The van der Waals surface area contributed by atoms with E-state index in [-0.39, 0.29) is 18.5 Å². The maximum absolute atomic E-state index is 13.0. The van der Waals surface area contributed by atoms with Gasteiger partial charge < -0.3 is 9.80 Å². The summed E-state index contributed by atoms with van der Waals surface area (Å²) >= 11 is 0. The highest BCUT2D eigenvalue weighted by Crippen LogP contribution is 2.46. The first kappa shape index (κ1) is 18.2. The van der Waals surface area contributed by atoms with Crippen molar-refractivity contribution in [3.05, 3.63) is 35.9 Å². The van der Waals surface area contributed by atoms with E-state index in [0.717, 1.165) is 36.4 Å². The minimum Gasteiger partial charge on any atom is -0.331 e. The molecule has 1 aromatic carbocycles. The second kappa shape index (κ2) is 7.36. The largest absolute Gasteiger partial charge is 0.471 e. The topological polar surface area (TPSA) is 23.6 Å². The third-order valence-electron chi connectivity index (χ3n) is 5.50. The van der Waals surface area contributed by atoms with Crippen molar-refractivity contribution in [3.63, 3.8) is 0 Å². The van der Waals surface area contributed by atoms with Crippen LogP contribution < -0.4 is 0 Å². The first-order valence-electron chi connectivity index (χ1n) is 8.97. The first-order chi connectivity index (χ1) is 11.9. The number of amides is 1. The number of piperidine rings is 1. The van der Waals surface area contributed by atoms with E-state index in [4.69, 9.17) is 0 Å². The number of likely N-dealkylation sites (tertiary alicyclic amines) is 1. The number of benzene rings is 1. The van der Waals surface area contributed by atoms with Crippen LogP contribution in [0.2, 0.25) is 0 Å². The Labute approximate surface area is 146 Å². The second-order valence-corrected chi connectivity index (χ2v) is 7.35. The fourth-order valence-electron chi connectivity index (χ4n) is 3.84. The number of carbonyl (C=O) groups is 1. The summed E-state index contributed by atoms with van der Waals surface area (Å²) in [6, 6.07) is 9.20. The smallest absolute Gasteiger partial charge is 0.331 e. The van der Waals surface area contributed by atoms with Crippen molar-refractivity contribution in [1.82, 2.24) is 9.80 Å². The van der Waals surface area contributed by atoms with Crippen LogP contribution in [0.3, 0.4) is 0 Å². The minimum atomic E-state index is -4.80. The molecule has 3 rings (SSSR count). The maximum Gasteiger partial charge on any atom is 0.471 e. The fraction of sp³-hybridized carbons (Fsp3) is 0.632. The van der Waals surface area contributed by atoms with E-state index in [1.165, 1.54) is 0 Å². The summed E-state index contributed by atoms with van der Waals surface area (Å²) < 4.78 is 39.1. The average Bonchev–Trinajstić information content (AvgIpc) is 3.37. The fourth-order valence-corrected chi connectivity index (χ4v) is 3.84. The second-order valence-electron chi connectivity index (χ2n) is 7.35. The van der Waals surface area contributed by atoms with Gasteiger partial charge in [0.15, 0.2) is 0 Å². The van der Waals surface area contributed by atoms with Crippen LogP contribution in [0.4, 0.5) is 13.2 Å². The number of carbonyl (C=O) groups excluding carboxylic acids is 1. The Morgan fingerprint density at radius 3 is 2.44 bits per heavy atom. The third kappa shape index (κ3) is 4.54. The van der Waals surface area contributed by atoms with E-state index >= 15 is 0 Å². The van der Waals surface area contributed by atoms with Gasteiger partial charge in [0.05, 0.1) is 0 Å². The predicted molar refractivity (Wildman–Crippen MR) is 90.2 cm³/mol. The van der Waals surface area contributed by atoms with Crippen LogP contribution in [0.1, 0.15) is 37.2 Å². The minimum absolute atomic E-state index is 0.0324. The van der Waals surface area contributed by atoms with Crippen LogP contribution in [0.25, 0.3) is 0 Å². The lowest BCUT2D eigenvalue weighted by Crippen LogP contribution is -2.44. The summed E-state index contributed by atoms with van der Waals surface area (Å²) in [6.45, 7) is 2.17. The Hall–Kier alpha value is -1.56. The Morgan fingerprint density at radius 1 is 1.20 bits per heavy atom. The summed E-state index contributed by atoms with van der Waals surface area (Å²) in [7, 11) is 2.06. The van der Waals surface area contributed by atoms with Crippen molar-refractivity contribution in [2.75, 3.05) is 26.7 Å². The molecule has 2 atom stereocenters. The molecule has 3 nitrogen and oxygen atoms in total.